The van der Waals surface area contributed by atoms with Crippen LogP contribution in [0.4, 0.5) is 13.2 Å². The van der Waals surface area contributed by atoms with Gasteiger partial charge in [0.2, 0.25) is 11.7 Å². The van der Waals surface area contributed by atoms with Crippen LogP contribution in [-0.4, -0.2) is 59.6 Å². The van der Waals surface area contributed by atoms with Crippen LogP contribution in [0.25, 0.3) is 16.3 Å². The van der Waals surface area contributed by atoms with Crippen molar-refractivity contribution in [2.24, 2.45) is 0 Å². The Bertz CT molecular complexity index is 1160. The van der Waals surface area contributed by atoms with E-state index in [1.54, 1.807) is 37.8 Å². The van der Waals surface area contributed by atoms with Crippen molar-refractivity contribution < 1.29 is 32.4 Å². The molecule has 0 bridgehead atoms. The van der Waals surface area contributed by atoms with Gasteiger partial charge in [0.1, 0.15) is 12.2 Å². The fourth-order valence-corrected chi connectivity index (χ4v) is 2.94. The predicted octanol–water partition coefficient (Wildman–Crippen LogP) is 2.75. The van der Waals surface area contributed by atoms with Gasteiger partial charge in [-0.15, -0.1) is 11.3 Å². The number of carbonyl (C=O) groups excluding carboxylic acids is 1. The van der Waals surface area contributed by atoms with E-state index in [2.05, 4.69) is 20.1 Å². The number of fused-ring (bicyclic) bond motifs is 1. The summed E-state index contributed by atoms with van der Waals surface area (Å²) in [5, 5.41) is 13.0. The molecule has 4 rings (SSSR count). The molecule has 10 nitrogen and oxygen atoms in total. The average molecular weight is 454 g/mol. The van der Waals surface area contributed by atoms with E-state index in [1.165, 1.54) is 16.2 Å². The third-order valence-electron chi connectivity index (χ3n) is 3.68. The number of alkyl halides is 3. The highest BCUT2D eigenvalue weighted by Gasteiger charge is 2.38. The molecule has 0 spiro atoms. The summed E-state index contributed by atoms with van der Waals surface area (Å²) < 4.78 is 38.8. The Kier molecular flexibility index (Phi) is 6.29. The van der Waals surface area contributed by atoms with Crippen LogP contribution in [-0.2, 0) is 11.3 Å². The lowest BCUT2D eigenvalue weighted by Gasteiger charge is -2.12. The van der Waals surface area contributed by atoms with E-state index < -0.39 is 12.1 Å². The number of thiazole rings is 1. The van der Waals surface area contributed by atoms with E-state index in [0.29, 0.717) is 17.4 Å². The Morgan fingerprint density at radius 2 is 1.94 bits per heavy atom. The highest BCUT2D eigenvalue weighted by molar-refractivity contribution is 7.15. The lowest BCUT2D eigenvalue weighted by atomic mass is 10.2. The molecule has 162 valence electrons. The van der Waals surface area contributed by atoms with Crippen LogP contribution < -0.4 is 0 Å². The van der Waals surface area contributed by atoms with Crippen LogP contribution in [0.3, 0.4) is 0 Å². The first-order valence-corrected chi connectivity index (χ1v) is 9.24. The van der Waals surface area contributed by atoms with Crippen molar-refractivity contribution in [1.82, 2.24) is 29.4 Å². The van der Waals surface area contributed by atoms with Gasteiger partial charge in [-0.25, -0.2) is 9.78 Å². The van der Waals surface area contributed by atoms with Gasteiger partial charge in [0.05, 0.1) is 0 Å². The Labute approximate surface area is 175 Å². The van der Waals surface area contributed by atoms with E-state index in [-0.39, 0.29) is 12.5 Å². The maximum Gasteiger partial charge on any atom is 0.490 e. The molecule has 4 aromatic rings. The van der Waals surface area contributed by atoms with Crippen molar-refractivity contribution in [2.45, 2.75) is 12.7 Å². The van der Waals surface area contributed by atoms with Crippen LogP contribution in [0, 0.1) is 0 Å². The molecule has 0 fully saturated rings. The molecule has 4 aromatic heterocycles. The first-order valence-electron chi connectivity index (χ1n) is 8.36. The predicted molar refractivity (Wildman–Crippen MR) is 100 cm³/mol. The van der Waals surface area contributed by atoms with Gasteiger partial charge >= 0.3 is 12.1 Å². The number of hydrogen-bond acceptors (Lipinski definition) is 8. The number of nitrogens with zero attached hydrogens (tertiary/aromatic N) is 6. The van der Waals surface area contributed by atoms with Crippen molar-refractivity contribution in [3.8, 4) is 11.4 Å². The zero-order chi connectivity index (χ0) is 22.6. The second-order valence-electron chi connectivity index (χ2n) is 5.93. The molecule has 14 heteroatoms. The van der Waals surface area contributed by atoms with E-state index in [9.17, 15) is 18.0 Å². The quantitative estimate of drug-likeness (QED) is 0.499. The number of rotatable bonds is 4. The smallest absolute Gasteiger partial charge is 0.475 e. The topological polar surface area (TPSA) is 127 Å². The summed E-state index contributed by atoms with van der Waals surface area (Å²) in [5.41, 5.74) is 1.20. The molecule has 0 saturated heterocycles. The van der Waals surface area contributed by atoms with Gasteiger partial charge in [-0.1, -0.05) is 5.16 Å². The van der Waals surface area contributed by atoms with Crippen molar-refractivity contribution in [1.29, 1.82) is 0 Å². The maximum atomic E-state index is 12.5. The van der Waals surface area contributed by atoms with E-state index in [0.717, 1.165) is 10.5 Å². The lowest BCUT2D eigenvalue weighted by Crippen LogP contribution is -2.26. The number of aliphatic carboxylic acids is 1. The number of amides is 1. The Hall–Kier alpha value is -3.81. The van der Waals surface area contributed by atoms with Gasteiger partial charge in [-0.3, -0.25) is 14.2 Å². The van der Waals surface area contributed by atoms with E-state index in [4.69, 9.17) is 14.4 Å². The summed E-state index contributed by atoms with van der Waals surface area (Å²) >= 11 is 1.48. The minimum atomic E-state index is -5.08. The summed E-state index contributed by atoms with van der Waals surface area (Å²) in [6.45, 7) is 0.210. The zero-order valence-electron chi connectivity index (χ0n) is 15.6. The first-order chi connectivity index (χ1) is 14.6. The monoisotopic (exact) mass is 454 g/mol. The minimum absolute atomic E-state index is 0.199. The van der Waals surface area contributed by atoms with Gasteiger partial charge < -0.3 is 14.5 Å². The molecular weight excluding hydrogens is 441 g/mol. The lowest BCUT2D eigenvalue weighted by molar-refractivity contribution is -0.192. The van der Waals surface area contributed by atoms with Crippen LogP contribution in [0.2, 0.25) is 0 Å². The second kappa shape index (κ2) is 8.91. The third-order valence-corrected chi connectivity index (χ3v) is 4.45. The van der Waals surface area contributed by atoms with Gasteiger partial charge in [0.25, 0.3) is 5.91 Å². The number of carboxylic acid groups (broad SMARTS) is 1. The molecule has 0 unspecified atom stereocenters. The van der Waals surface area contributed by atoms with E-state index in [1.807, 2.05) is 16.0 Å². The van der Waals surface area contributed by atoms with Crippen molar-refractivity contribution in [2.75, 3.05) is 7.05 Å². The molecule has 0 radical (unpaired) electrons. The number of imidazole rings is 1. The molecule has 0 atom stereocenters. The number of hydrogen-bond donors (Lipinski definition) is 1. The summed E-state index contributed by atoms with van der Waals surface area (Å²) in [6, 6.07) is 3.59. The Morgan fingerprint density at radius 3 is 2.55 bits per heavy atom. The largest absolute Gasteiger partial charge is 0.490 e. The standard InChI is InChI=1S/C15H12N6O2S.C2HF3O2/c1-20(14(22)11-8-21-6-7-24-15(21)17-11)9-12-18-13(19-23-12)10-2-4-16-5-3-10;3-2(4,5)1(6)7/h2-8H,9H2,1H3;(H,6,7). The third kappa shape index (κ3) is 5.42. The van der Waals surface area contributed by atoms with Gasteiger partial charge in [-0.05, 0) is 12.1 Å². The molecule has 0 aliphatic heterocycles. The fraction of sp³-hybridized carbons (Fsp3) is 0.176. The minimum Gasteiger partial charge on any atom is -0.475 e. The van der Waals surface area contributed by atoms with Crippen molar-refractivity contribution in [3.05, 3.63) is 53.9 Å². The Morgan fingerprint density at radius 1 is 1.26 bits per heavy atom. The molecule has 4 heterocycles. The molecular formula is C17H13F3N6O4S. The molecule has 1 N–H and O–H groups in total. The van der Waals surface area contributed by atoms with Gasteiger partial charge in [0, 0.05) is 42.8 Å². The second-order valence-corrected chi connectivity index (χ2v) is 6.80. The molecule has 0 aromatic carbocycles. The normalized spacial score (nSPS) is 11.1. The highest BCUT2D eigenvalue weighted by atomic mass is 32.1. The maximum absolute atomic E-state index is 12.5. The summed E-state index contributed by atoms with van der Waals surface area (Å²) in [4.78, 5) is 36.2. The number of carbonyl (C=O) groups is 2. The molecule has 0 aliphatic carbocycles. The van der Waals surface area contributed by atoms with Crippen molar-refractivity contribution >= 4 is 28.2 Å². The van der Waals surface area contributed by atoms with Crippen molar-refractivity contribution in [3.63, 3.8) is 0 Å². The molecule has 1 amide bonds. The zero-order valence-corrected chi connectivity index (χ0v) is 16.5. The summed E-state index contributed by atoms with van der Waals surface area (Å²) in [7, 11) is 1.67. The van der Waals surface area contributed by atoms with Crippen LogP contribution in [0.5, 0.6) is 0 Å². The molecule has 0 saturated carbocycles. The number of aromatic nitrogens is 5. The highest BCUT2D eigenvalue weighted by Crippen LogP contribution is 2.16. The van der Waals surface area contributed by atoms with E-state index >= 15 is 0 Å². The van der Waals surface area contributed by atoms with Gasteiger partial charge in [-0.2, -0.15) is 18.2 Å². The van der Waals surface area contributed by atoms with Crippen LogP contribution >= 0.6 is 11.3 Å². The first kappa shape index (κ1) is 21.9. The fourth-order valence-electron chi connectivity index (χ4n) is 2.24. The van der Waals surface area contributed by atoms with Crippen LogP contribution in [0.15, 0.2) is 46.8 Å². The summed E-state index contributed by atoms with van der Waals surface area (Å²) in [6.07, 6.45) is 1.81. The SMILES string of the molecule is CN(Cc1nc(-c2ccncc2)no1)C(=O)c1cn2ccsc2n1.O=C(O)C(F)(F)F. The Balaban J connectivity index is 0.000000339. The van der Waals surface area contributed by atoms with Gasteiger partial charge in [0.15, 0.2) is 4.96 Å². The van der Waals surface area contributed by atoms with Crippen LogP contribution in [0.1, 0.15) is 16.4 Å². The number of halogens is 3. The number of carboxylic acids is 1. The summed E-state index contributed by atoms with van der Waals surface area (Å²) in [5.74, 6) is -2.13. The molecule has 0 aliphatic rings. The average Bonchev–Trinajstić information content (AvgIpc) is 3.44. The molecule has 31 heavy (non-hydrogen) atoms. The number of pyridine rings is 1.